The largest absolute Gasteiger partial charge is 0.478 e. The van der Waals surface area contributed by atoms with E-state index in [1.807, 2.05) is 6.07 Å². The zero-order valence-corrected chi connectivity index (χ0v) is 8.90. The fourth-order valence-electron chi connectivity index (χ4n) is 1.70. The Balaban J connectivity index is 2.85. The first-order chi connectivity index (χ1) is 8.15. The smallest absolute Gasteiger partial charge is 0.335 e. The minimum absolute atomic E-state index is 0.166. The van der Waals surface area contributed by atoms with E-state index in [-0.39, 0.29) is 5.56 Å². The predicted molar refractivity (Wildman–Crippen MR) is 66.8 cm³/mol. The van der Waals surface area contributed by atoms with Crippen molar-refractivity contribution in [1.82, 2.24) is 0 Å². The third-order valence-electron chi connectivity index (χ3n) is 2.52. The summed E-state index contributed by atoms with van der Waals surface area (Å²) in [5.74, 6) is 3.99. The van der Waals surface area contributed by atoms with Crippen LogP contribution in [0.4, 0.5) is 0 Å². The molecule has 2 rings (SSSR count). The first-order valence-electron chi connectivity index (χ1n) is 4.90. The maximum atomic E-state index is 11.0. The maximum Gasteiger partial charge on any atom is 0.335 e. The third kappa shape index (κ3) is 1.85. The van der Waals surface area contributed by atoms with E-state index in [0.29, 0.717) is 11.1 Å². The Morgan fingerprint density at radius 3 is 2.47 bits per heavy atom. The van der Waals surface area contributed by atoms with Gasteiger partial charge in [0.15, 0.2) is 0 Å². The first-order valence-corrected chi connectivity index (χ1v) is 4.90. The number of rotatable bonds is 1. The number of carboxylic acid groups (broad SMARTS) is 1. The van der Waals surface area contributed by atoms with Gasteiger partial charge in [0.2, 0.25) is 0 Å². The molecule has 80 valence electrons. The Bertz CT molecular complexity index is 697. The Labute approximate surface area is 98.9 Å². The summed E-state index contributed by atoms with van der Waals surface area (Å²) < 4.78 is 0. The van der Waals surface area contributed by atoms with Gasteiger partial charge in [-0.2, -0.15) is 0 Å². The second-order valence-electron chi connectivity index (χ2n) is 3.55. The average molecular weight is 220 g/mol. The molecule has 0 unspecified atom stereocenters. The molecule has 0 radical (unpaired) electrons. The summed E-state index contributed by atoms with van der Waals surface area (Å²) in [6.45, 7) is 0. The lowest BCUT2D eigenvalue weighted by molar-refractivity contribution is 0.0697. The summed E-state index contributed by atoms with van der Waals surface area (Å²) >= 11 is 0. The van der Waals surface area contributed by atoms with Crippen LogP contribution in [0.2, 0.25) is 0 Å². The molecule has 0 spiro atoms. The molecule has 2 nitrogen and oxygen atoms in total. The van der Waals surface area contributed by atoms with Crippen LogP contribution in [0.25, 0.3) is 10.8 Å². The van der Waals surface area contributed by atoms with Crippen molar-refractivity contribution in [3.63, 3.8) is 0 Å². The van der Waals surface area contributed by atoms with Gasteiger partial charge in [-0.15, -0.1) is 12.8 Å². The van der Waals surface area contributed by atoms with Gasteiger partial charge in [0.05, 0.1) is 5.56 Å². The van der Waals surface area contributed by atoms with Crippen LogP contribution in [-0.4, -0.2) is 11.1 Å². The van der Waals surface area contributed by atoms with Crippen LogP contribution in [0.3, 0.4) is 0 Å². The maximum absolute atomic E-state index is 11.0. The van der Waals surface area contributed by atoms with Gasteiger partial charge in [-0.25, -0.2) is 4.79 Å². The molecule has 0 aliphatic rings. The van der Waals surface area contributed by atoms with Crippen LogP contribution in [0.5, 0.6) is 0 Å². The van der Waals surface area contributed by atoms with Crippen molar-refractivity contribution < 1.29 is 9.90 Å². The molecule has 0 aliphatic carbocycles. The monoisotopic (exact) mass is 220 g/mol. The molecule has 0 amide bonds. The normalized spacial score (nSPS) is 9.53. The fraction of sp³-hybridized carbons (Fsp3) is 0. The second-order valence-corrected chi connectivity index (χ2v) is 3.55. The summed E-state index contributed by atoms with van der Waals surface area (Å²) in [5, 5.41) is 10.6. The summed E-state index contributed by atoms with van der Waals surface area (Å²) in [6, 6.07) is 8.40. The summed E-state index contributed by atoms with van der Waals surface area (Å²) in [5.41, 5.74) is 1.42. The van der Waals surface area contributed by atoms with E-state index in [9.17, 15) is 4.79 Å². The van der Waals surface area contributed by atoms with Gasteiger partial charge in [-0.05, 0) is 35.0 Å². The summed E-state index contributed by atoms with van der Waals surface area (Å²) in [4.78, 5) is 11.0. The van der Waals surface area contributed by atoms with Gasteiger partial charge in [0.25, 0.3) is 0 Å². The highest BCUT2D eigenvalue weighted by Gasteiger charge is 2.08. The average Bonchev–Trinajstić information content (AvgIpc) is 2.36. The second kappa shape index (κ2) is 4.04. The number of hydrogen-bond donors (Lipinski definition) is 1. The molecular formula is C15H8O2. The Morgan fingerprint density at radius 1 is 1.12 bits per heavy atom. The van der Waals surface area contributed by atoms with E-state index in [1.54, 1.807) is 18.2 Å². The van der Waals surface area contributed by atoms with Crippen molar-refractivity contribution in [2.45, 2.75) is 0 Å². The van der Waals surface area contributed by atoms with E-state index in [2.05, 4.69) is 11.8 Å². The molecule has 2 aromatic rings. The lowest BCUT2D eigenvalue weighted by Crippen LogP contribution is -1.97. The molecule has 0 saturated heterocycles. The minimum Gasteiger partial charge on any atom is -0.478 e. The molecule has 0 bridgehead atoms. The molecule has 0 heterocycles. The van der Waals surface area contributed by atoms with E-state index in [4.69, 9.17) is 18.0 Å². The Hall–Kier alpha value is -2.71. The SMILES string of the molecule is C#Cc1ccc2c(C#C)cc(C(=O)O)cc2c1. The van der Waals surface area contributed by atoms with Crippen molar-refractivity contribution in [2.24, 2.45) is 0 Å². The molecule has 2 heteroatoms. The van der Waals surface area contributed by atoms with Crippen LogP contribution in [0.1, 0.15) is 21.5 Å². The molecule has 0 fully saturated rings. The summed E-state index contributed by atoms with van der Waals surface area (Å²) in [6.07, 6.45) is 10.7. The zero-order chi connectivity index (χ0) is 12.4. The third-order valence-corrected chi connectivity index (χ3v) is 2.52. The highest BCUT2D eigenvalue weighted by Crippen LogP contribution is 2.22. The van der Waals surface area contributed by atoms with Crippen molar-refractivity contribution in [2.75, 3.05) is 0 Å². The van der Waals surface area contributed by atoms with Gasteiger partial charge in [-0.1, -0.05) is 17.9 Å². The molecule has 0 atom stereocenters. The standard InChI is InChI=1S/C15H8O2/c1-3-10-5-6-14-11(4-2)8-13(15(16)17)9-12(14)7-10/h1-2,5-9H,(H,16,17). The molecule has 2 aromatic carbocycles. The van der Waals surface area contributed by atoms with Crippen LogP contribution >= 0.6 is 0 Å². The number of terminal acetylenes is 2. The van der Waals surface area contributed by atoms with Crippen LogP contribution in [0.15, 0.2) is 30.3 Å². The summed E-state index contributed by atoms with van der Waals surface area (Å²) in [7, 11) is 0. The number of benzene rings is 2. The fourth-order valence-corrected chi connectivity index (χ4v) is 1.70. The minimum atomic E-state index is -1.01. The quantitative estimate of drug-likeness (QED) is 0.750. The van der Waals surface area contributed by atoms with E-state index >= 15 is 0 Å². The first kappa shape index (κ1) is 10.8. The van der Waals surface area contributed by atoms with Crippen molar-refractivity contribution in [3.05, 3.63) is 47.0 Å². The lowest BCUT2D eigenvalue weighted by atomic mass is 9.99. The number of hydrogen-bond acceptors (Lipinski definition) is 1. The van der Waals surface area contributed by atoms with Crippen LogP contribution in [-0.2, 0) is 0 Å². The van der Waals surface area contributed by atoms with Gasteiger partial charge >= 0.3 is 5.97 Å². The number of carbonyl (C=O) groups is 1. The van der Waals surface area contributed by atoms with Gasteiger partial charge in [0.1, 0.15) is 0 Å². The van der Waals surface area contributed by atoms with Crippen LogP contribution in [0, 0.1) is 24.7 Å². The van der Waals surface area contributed by atoms with Crippen LogP contribution < -0.4 is 0 Å². The van der Waals surface area contributed by atoms with Crippen molar-refractivity contribution in [3.8, 4) is 24.7 Å². The van der Waals surface area contributed by atoms with Crippen molar-refractivity contribution >= 4 is 16.7 Å². The van der Waals surface area contributed by atoms with Crippen molar-refractivity contribution in [1.29, 1.82) is 0 Å². The van der Waals surface area contributed by atoms with E-state index in [1.165, 1.54) is 6.07 Å². The molecule has 17 heavy (non-hydrogen) atoms. The topological polar surface area (TPSA) is 37.3 Å². The van der Waals surface area contributed by atoms with Gasteiger partial charge < -0.3 is 5.11 Å². The van der Waals surface area contributed by atoms with Gasteiger partial charge in [-0.3, -0.25) is 0 Å². The molecular weight excluding hydrogens is 212 g/mol. The zero-order valence-electron chi connectivity index (χ0n) is 8.90. The Morgan fingerprint density at radius 2 is 1.88 bits per heavy atom. The highest BCUT2D eigenvalue weighted by molar-refractivity contribution is 5.97. The highest BCUT2D eigenvalue weighted by atomic mass is 16.4. The number of aromatic carboxylic acids is 1. The molecule has 0 saturated carbocycles. The lowest BCUT2D eigenvalue weighted by Gasteiger charge is -2.04. The molecule has 0 aliphatic heterocycles. The van der Waals surface area contributed by atoms with E-state index in [0.717, 1.165) is 10.8 Å². The number of fused-ring (bicyclic) bond motifs is 1. The van der Waals surface area contributed by atoms with E-state index < -0.39 is 5.97 Å². The number of carboxylic acids is 1. The predicted octanol–water partition coefficient (Wildman–Crippen LogP) is 2.50. The van der Waals surface area contributed by atoms with Gasteiger partial charge in [0, 0.05) is 11.1 Å². The Kier molecular flexibility index (Phi) is 2.57. The molecule has 1 N–H and O–H groups in total. The molecule has 0 aromatic heterocycles.